The highest BCUT2D eigenvalue weighted by Gasteiger charge is 2.17. The minimum atomic E-state index is -3.77. The molecular weight excluding hydrogens is 651 g/mol. The van der Waals surface area contributed by atoms with Gasteiger partial charge in [0.05, 0.1) is 17.2 Å². The van der Waals surface area contributed by atoms with E-state index in [1.54, 1.807) is 6.20 Å². The van der Waals surface area contributed by atoms with Gasteiger partial charge in [-0.1, -0.05) is 99.3 Å². The number of nitrogens with zero attached hydrogens (tertiary/aromatic N) is 5. The highest BCUT2D eigenvalue weighted by atomic mass is 79.9. The lowest BCUT2D eigenvalue weighted by atomic mass is 10.2. The maximum absolute atomic E-state index is 11.1. The van der Waals surface area contributed by atoms with Gasteiger partial charge in [-0.05, 0) is 0 Å². The van der Waals surface area contributed by atoms with Crippen molar-refractivity contribution in [2.24, 2.45) is 10.3 Å². The maximum atomic E-state index is 11.1. The summed E-state index contributed by atoms with van der Waals surface area (Å²) < 4.78 is 44.3. The van der Waals surface area contributed by atoms with Crippen LogP contribution in [0.25, 0.3) is 16.2 Å². The lowest BCUT2D eigenvalue weighted by Gasteiger charge is -1.93. The van der Waals surface area contributed by atoms with Gasteiger partial charge in [0.2, 0.25) is 18.8 Å². The quantitative estimate of drug-likeness (QED) is 0.140. The SMILES string of the molecule is NS(=O)(=O)c1nn2cc(-c3ccccc3)nc2s1.Nc1nnc(S(N)(=O)=O)s1.O=C(CBr)c1ccccc1.[B]. The number of carbonyl (C=O) groups excluding carboxylic acids is 1. The third kappa shape index (κ3) is 9.27. The number of fused-ring (bicyclic) bond motifs is 1. The van der Waals surface area contributed by atoms with Gasteiger partial charge in [-0.25, -0.2) is 36.6 Å². The number of aromatic nitrogens is 5. The Labute approximate surface area is 241 Å². The van der Waals surface area contributed by atoms with E-state index in [1.807, 2.05) is 60.7 Å². The van der Waals surface area contributed by atoms with Crippen LogP contribution in [0.4, 0.5) is 5.13 Å². The van der Waals surface area contributed by atoms with Crippen LogP contribution in [0, 0.1) is 0 Å². The summed E-state index contributed by atoms with van der Waals surface area (Å²) in [4.78, 5) is 15.8. The van der Waals surface area contributed by atoms with Crippen LogP contribution in [0.2, 0.25) is 0 Å². The van der Waals surface area contributed by atoms with Gasteiger partial charge in [0.1, 0.15) is 0 Å². The summed E-state index contributed by atoms with van der Waals surface area (Å²) in [5, 5.41) is 20.6. The molecule has 0 spiro atoms. The zero-order valence-corrected chi connectivity index (χ0v) is 24.5. The minimum absolute atomic E-state index is 0. The molecule has 3 radical (unpaired) electrons. The molecule has 0 bridgehead atoms. The molecule has 13 nitrogen and oxygen atoms in total. The first-order valence-electron chi connectivity index (χ1n) is 10.1. The number of nitrogens with two attached hydrogens (primary N) is 3. The molecule has 6 N–H and O–H groups in total. The van der Waals surface area contributed by atoms with Gasteiger partial charge in [0.15, 0.2) is 5.78 Å². The van der Waals surface area contributed by atoms with Crippen molar-refractivity contribution >= 4 is 82.9 Å². The van der Waals surface area contributed by atoms with E-state index < -0.39 is 20.0 Å². The average Bonchev–Trinajstić information content (AvgIpc) is 3.60. The molecule has 5 aromatic rings. The second-order valence-electron chi connectivity index (χ2n) is 7.01. The molecule has 0 unspecified atom stereocenters. The Kier molecular flexibility index (Phi) is 11.4. The van der Waals surface area contributed by atoms with Gasteiger partial charge in [-0.3, -0.25) is 4.79 Å². The topological polar surface area (TPSA) is 219 Å². The molecule has 5 rings (SSSR count). The first-order valence-corrected chi connectivity index (χ1v) is 15.9. The highest BCUT2D eigenvalue weighted by Crippen LogP contribution is 2.23. The van der Waals surface area contributed by atoms with Crippen LogP contribution in [-0.2, 0) is 20.0 Å². The summed E-state index contributed by atoms with van der Waals surface area (Å²) >= 11 is 4.79. The molecule has 0 aliphatic heterocycles. The zero-order chi connectivity index (χ0) is 27.9. The van der Waals surface area contributed by atoms with Crippen molar-refractivity contribution < 1.29 is 21.6 Å². The standard InChI is InChI=1S/C10H8N4O2S2.C8H7BrO.C2H4N4O2S2.B/c11-18(15,16)10-13-14-6-8(12-9(14)17-10)7-4-2-1-3-5-7;9-6-8(10)7-4-2-1-3-5-7;3-1-5-6-2(9-1)10(4,7)8;/h1-6H,(H2,11,15,16);1-5H,6H2;(H2,3,5)(H2,4,7,8);. The minimum Gasteiger partial charge on any atom is -0.374 e. The normalized spacial score (nSPS) is 10.9. The van der Waals surface area contributed by atoms with Crippen molar-refractivity contribution in [1.29, 1.82) is 0 Å². The first-order chi connectivity index (χ1) is 17.9. The summed E-state index contributed by atoms with van der Waals surface area (Å²) in [7, 11) is -7.48. The highest BCUT2D eigenvalue weighted by molar-refractivity contribution is 9.09. The van der Waals surface area contributed by atoms with Gasteiger partial charge < -0.3 is 5.73 Å². The van der Waals surface area contributed by atoms with Crippen LogP contribution in [0.3, 0.4) is 0 Å². The van der Waals surface area contributed by atoms with Crippen molar-refractivity contribution in [3.8, 4) is 11.3 Å². The summed E-state index contributed by atoms with van der Waals surface area (Å²) in [6.07, 6.45) is 1.68. The van der Waals surface area contributed by atoms with Crippen LogP contribution < -0.4 is 16.0 Å². The number of carbonyl (C=O) groups is 1. The molecule has 0 saturated heterocycles. The van der Waals surface area contributed by atoms with Crippen LogP contribution >= 0.6 is 38.6 Å². The van der Waals surface area contributed by atoms with Crippen molar-refractivity contribution in [2.75, 3.05) is 11.1 Å². The fourth-order valence-electron chi connectivity index (χ4n) is 2.58. The third-order valence-electron chi connectivity index (χ3n) is 4.22. The fourth-order valence-corrected chi connectivity index (χ4v) is 5.63. The van der Waals surface area contributed by atoms with Gasteiger partial charge in [-0.2, -0.15) is 0 Å². The Bertz CT molecular complexity index is 1710. The third-order valence-corrected chi connectivity index (χ3v) is 9.02. The predicted octanol–water partition coefficient (Wildman–Crippen LogP) is 1.76. The van der Waals surface area contributed by atoms with Gasteiger partial charge in [-0.15, -0.1) is 15.3 Å². The van der Waals surface area contributed by atoms with E-state index in [0.717, 1.165) is 39.5 Å². The van der Waals surface area contributed by atoms with Gasteiger partial charge >= 0.3 is 0 Å². The molecule has 0 saturated carbocycles. The summed E-state index contributed by atoms with van der Waals surface area (Å²) in [6.45, 7) is 0. The fraction of sp³-hybridized carbons (Fsp3) is 0.0500. The van der Waals surface area contributed by atoms with E-state index in [9.17, 15) is 21.6 Å². The summed E-state index contributed by atoms with van der Waals surface area (Å²) in [5.41, 5.74) is 7.56. The predicted molar refractivity (Wildman–Crippen MR) is 154 cm³/mol. The Morgan fingerprint density at radius 3 is 1.87 bits per heavy atom. The van der Waals surface area contributed by atoms with Crippen LogP contribution in [-0.4, -0.2) is 61.2 Å². The van der Waals surface area contributed by atoms with Crippen LogP contribution in [0.15, 0.2) is 75.5 Å². The number of nitrogen functional groups attached to an aromatic ring is 1. The second kappa shape index (κ2) is 13.8. The molecule has 203 valence electrons. The number of primary sulfonamides is 2. The van der Waals surface area contributed by atoms with Crippen molar-refractivity contribution in [2.45, 2.75) is 8.68 Å². The lowest BCUT2D eigenvalue weighted by Crippen LogP contribution is -2.12. The lowest BCUT2D eigenvalue weighted by molar-refractivity contribution is 0.102. The van der Waals surface area contributed by atoms with Crippen LogP contribution in [0.5, 0.6) is 0 Å². The second-order valence-corrected chi connectivity index (χ2v) is 13.0. The molecule has 0 aliphatic carbocycles. The maximum Gasteiger partial charge on any atom is 0.267 e. The largest absolute Gasteiger partial charge is 0.374 e. The molecule has 2 aromatic carbocycles. The van der Waals surface area contributed by atoms with Gasteiger partial charge in [0.25, 0.3) is 20.0 Å². The molecule has 3 heterocycles. The Morgan fingerprint density at radius 1 is 0.872 bits per heavy atom. The number of halogens is 1. The Hall–Kier alpha value is -3.07. The average molecular weight is 670 g/mol. The number of benzene rings is 2. The number of Topliss-reactive ketones (excluding diaryl/α,β-unsaturated/α-hetero) is 1. The number of ketones is 1. The number of sulfonamides is 2. The molecule has 0 fully saturated rings. The molecule has 19 heteroatoms. The number of rotatable bonds is 5. The molecule has 0 atom stereocenters. The van der Waals surface area contributed by atoms with Crippen LogP contribution in [0.1, 0.15) is 10.4 Å². The first kappa shape index (κ1) is 32.1. The molecule has 0 aliphatic rings. The molecule has 0 amide bonds. The van der Waals surface area contributed by atoms with Gasteiger partial charge in [0, 0.05) is 19.5 Å². The number of anilines is 1. The monoisotopic (exact) mass is 669 g/mol. The smallest absolute Gasteiger partial charge is 0.267 e. The summed E-state index contributed by atoms with van der Waals surface area (Å²) in [5.74, 6) is 0.126. The van der Waals surface area contributed by atoms with E-state index in [4.69, 9.17) is 16.0 Å². The number of hydrogen-bond donors (Lipinski definition) is 3. The zero-order valence-electron chi connectivity index (χ0n) is 19.7. The number of hydrogen-bond acceptors (Lipinski definition) is 12. The number of imidazole rings is 1. The van der Waals surface area contributed by atoms with E-state index in [1.165, 1.54) is 4.52 Å². The molecule has 3 aromatic heterocycles. The molecular formula is C20H19BBrN8O5S4. The number of alkyl halides is 1. The van der Waals surface area contributed by atoms with E-state index in [0.29, 0.717) is 10.3 Å². The summed E-state index contributed by atoms with van der Waals surface area (Å²) in [6, 6.07) is 18.8. The van der Waals surface area contributed by atoms with Crippen molar-refractivity contribution in [1.82, 2.24) is 24.8 Å². The van der Waals surface area contributed by atoms with E-state index in [2.05, 4.69) is 36.2 Å². The van der Waals surface area contributed by atoms with E-state index >= 15 is 0 Å². The molecule has 39 heavy (non-hydrogen) atoms. The Balaban J connectivity index is 0.000000219. The van der Waals surface area contributed by atoms with Crippen molar-refractivity contribution in [3.05, 3.63) is 72.4 Å². The van der Waals surface area contributed by atoms with Crippen molar-refractivity contribution in [3.63, 3.8) is 0 Å². The van der Waals surface area contributed by atoms with E-state index in [-0.39, 0.29) is 28.0 Å². The Morgan fingerprint density at radius 2 is 1.44 bits per heavy atom.